The summed E-state index contributed by atoms with van der Waals surface area (Å²) in [6.07, 6.45) is -1.34. The Morgan fingerprint density at radius 1 is 1.19 bits per heavy atom. The zero-order chi connectivity index (χ0) is 12.8. The molecule has 98 valence electrons. The molecule has 0 rings (SSSR count). The molecule has 0 radical (unpaired) electrons. The fourth-order valence-electron chi connectivity index (χ4n) is 1.32. The van der Waals surface area contributed by atoms with Crippen LogP contribution in [0.15, 0.2) is 0 Å². The van der Waals surface area contributed by atoms with Crippen molar-refractivity contribution in [2.45, 2.75) is 55.0 Å². The maximum Gasteiger partial charge on any atom is 0.428 e. The summed E-state index contributed by atoms with van der Waals surface area (Å²) in [5, 5.41) is 0. The van der Waals surface area contributed by atoms with Crippen molar-refractivity contribution in [3.05, 3.63) is 0 Å². The van der Waals surface area contributed by atoms with E-state index in [9.17, 15) is 13.2 Å². The molecule has 0 aromatic heterocycles. The summed E-state index contributed by atoms with van der Waals surface area (Å²) in [4.78, 5) is -0.772. The van der Waals surface area contributed by atoms with E-state index in [2.05, 4.69) is 31.9 Å². The molecule has 0 bridgehead atoms. The molecular formula is C10H17Br2F3O. The van der Waals surface area contributed by atoms with Crippen molar-refractivity contribution in [3.63, 3.8) is 0 Å². The van der Waals surface area contributed by atoms with E-state index in [1.54, 1.807) is 6.92 Å². The van der Waals surface area contributed by atoms with Crippen LogP contribution in [-0.2, 0) is 4.74 Å². The van der Waals surface area contributed by atoms with Gasteiger partial charge in [-0.15, -0.1) is 0 Å². The molecule has 16 heavy (non-hydrogen) atoms. The number of halogens is 5. The summed E-state index contributed by atoms with van der Waals surface area (Å²) >= 11 is 5.77. The van der Waals surface area contributed by atoms with E-state index >= 15 is 0 Å². The molecule has 0 N–H and O–H groups in total. The van der Waals surface area contributed by atoms with E-state index in [4.69, 9.17) is 4.74 Å². The largest absolute Gasteiger partial charge is 0.428 e. The molecule has 0 fully saturated rings. The lowest BCUT2D eigenvalue weighted by Crippen LogP contribution is -2.49. The fraction of sp³-hybridized carbons (Fsp3) is 1.00. The number of hydrogen-bond donors (Lipinski definition) is 0. The van der Waals surface area contributed by atoms with Crippen molar-refractivity contribution in [1.29, 1.82) is 0 Å². The predicted octanol–water partition coefficient (Wildman–Crippen LogP) is 5.02. The van der Waals surface area contributed by atoms with Gasteiger partial charge in [0, 0.05) is 6.61 Å². The third-order valence-electron chi connectivity index (χ3n) is 2.20. The second-order valence-corrected chi connectivity index (χ2v) is 5.82. The first kappa shape index (κ1) is 16.7. The summed E-state index contributed by atoms with van der Waals surface area (Å²) in [6.45, 7) is 3.57. The van der Waals surface area contributed by atoms with Gasteiger partial charge in [-0.1, -0.05) is 42.1 Å². The lowest BCUT2D eigenvalue weighted by atomic mass is 10.1. The summed E-state index contributed by atoms with van der Waals surface area (Å²) in [5.41, 5.74) is 0. The molecule has 0 saturated heterocycles. The average molecular weight is 370 g/mol. The Bertz CT molecular complexity index is 199. The van der Waals surface area contributed by atoms with Crippen molar-refractivity contribution in [2.75, 3.05) is 6.61 Å². The maximum atomic E-state index is 12.8. The molecule has 0 saturated carbocycles. The highest BCUT2D eigenvalue weighted by Crippen LogP contribution is 2.45. The van der Waals surface area contributed by atoms with Gasteiger partial charge in [0.15, 0.2) is 0 Å². The standard InChI is InChI=1S/C10H17Br2F3O/c1-3-5-6-7-8(11)9(12,16-4-2)10(13,14)15/h8H,3-7H2,1-2H3. The zero-order valence-corrected chi connectivity index (χ0v) is 12.6. The van der Waals surface area contributed by atoms with E-state index < -0.39 is 15.5 Å². The molecular weight excluding hydrogens is 353 g/mol. The molecule has 0 aliphatic carbocycles. The van der Waals surface area contributed by atoms with Crippen molar-refractivity contribution in [3.8, 4) is 0 Å². The second kappa shape index (κ2) is 7.21. The third-order valence-corrected chi connectivity index (χ3v) is 5.15. The number of unbranched alkanes of at least 4 members (excludes halogenated alkanes) is 2. The monoisotopic (exact) mass is 368 g/mol. The predicted molar refractivity (Wildman–Crippen MR) is 66.2 cm³/mol. The summed E-state index contributed by atoms with van der Waals surface area (Å²) in [6, 6.07) is 0. The van der Waals surface area contributed by atoms with Gasteiger partial charge >= 0.3 is 6.18 Å². The van der Waals surface area contributed by atoms with Gasteiger partial charge in [-0.2, -0.15) is 13.2 Å². The molecule has 2 unspecified atom stereocenters. The van der Waals surface area contributed by atoms with Crippen molar-refractivity contribution in [1.82, 2.24) is 0 Å². The molecule has 0 spiro atoms. The van der Waals surface area contributed by atoms with Gasteiger partial charge < -0.3 is 4.74 Å². The quantitative estimate of drug-likeness (QED) is 0.452. The molecule has 2 atom stereocenters. The minimum Gasteiger partial charge on any atom is -0.354 e. The van der Waals surface area contributed by atoms with Crippen LogP contribution in [0.2, 0.25) is 0 Å². The smallest absolute Gasteiger partial charge is 0.354 e. The van der Waals surface area contributed by atoms with Crippen molar-refractivity contribution < 1.29 is 17.9 Å². The van der Waals surface area contributed by atoms with Crippen LogP contribution in [0.4, 0.5) is 13.2 Å². The third kappa shape index (κ3) is 4.53. The number of rotatable bonds is 7. The number of hydrogen-bond acceptors (Lipinski definition) is 1. The van der Waals surface area contributed by atoms with Gasteiger partial charge in [0.05, 0.1) is 4.83 Å². The summed E-state index contributed by atoms with van der Waals surface area (Å²) < 4.78 is 41.1. The van der Waals surface area contributed by atoms with Crippen molar-refractivity contribution >= 4 is 31.9 Å². The van der Waals surface area contributed by atoms with Gasteiger partial charge in [-0.05, 0) is 29.3 Å². The summed E-state index contributed by atoms with van der Waals surface area (Å²) in [5.74, 6) is 0. The van der Waals surface area contributed by atoms with E-state index in [0.29, 0.717) is 6.42 Å². The highest BCUT2D eigenvalue weighted by molar-refractivity contribution is 9.12. The Hall–Kier alpha value is 0.710. The molecule has 1 nitrogen and oxygen atoms in total. The van der Waals surface area contributed by atoms with Gasteiger partial charge in [0.2, 0.25) is 4.51 Å². The Morgan fingerprint density at radius 3 is 2.12 bits per heavy atom. The Morgan fingerprint density at radius 2 is 1.75 bits per heavy atom. The second-order valence-electron chi connectivity index (χ2n) is 3.54. The Kier molecular flexibility index (Phi) is 7.53. The van der Waals surface area contributed by atoms with Gasteiger partial charge in [0.25, 0.3) is 0 Å². The fourth-order valence-corrected chi connectivity index (χ4v) is 2.49. The molecule has 0 amide bonds. The highest BCUT2D eigenvalue weighted by atomic mass is 79.9. The molecule has 0 heterocycles. The van der Waals surface area contributed by atoms with E-state index in [-0.39, 0.29) is 6.61 Å². The average Bonchev–Trinajstić information content (AvgIpc) is 2.16. The molecule has 6 heteroatoms. The van der Waals surface area contributed by atoms with E-state index in [0.717, 1.165) is 19.3 Å². The number of ether oxygens (including phenoxy) is 1. The molecule has 0 aromatic rings. The SMILES string of the molecule is CCCCCC(Br)C(Br)(OCC)C(F)(F)F. The maximum absolute atomic E-state index is 12.8. The zero-order valence-electron chi connectivity index (χ0n) is 9.41. The number of alkyl halides is 5. The topological polar surface area (TPSA) is 9.23 Å². The Labute approximate surface area is 111 Å². The first-order chi connectivity index (χ1) is 7.29. The first-order valence-electron chi connectivity index (χ1n) is 5.33. The Balaban J connectivity index is 4.51. The summed E-state index contributed by atoms with van der Waals surface area (Å²) in [7, 11) is 0. The van der Waals surface area contributed by atoms with Crippen LogP contribution in [0, 0.1) is 0 Å². The van der Waals surface area contributed by atoms with Gasteiger partial charge in [-0.3, -0.25) is 0 Å². The van der Waals surface area contributed by atoms with Crippen LogP contribution in [0.1, 0.15) is 39.5 Å². The molecule has 0 aliphatic heterocycles. The van der Waals surface area contributed by atoms with Crippen LogP contribution in [-0.4, -0.2) is 22.1 Å². The van der Waals surface area contributed by atoms with E-state index in [1.807, 2.05) is 6.92 Å². The van der Waals surface area contributed by atoms with Crippen LogP contribution in [0.25, 0.3) is 0 Å². The van der Waals surface area contributed by atoms with Gasteiger partial charge in [-0.25, -0.2) is 0 Å². The van der Waals surface area contributed by atoms with Gasteiger partial charge in [0.1, 0.15) is 0 Å². The van der Waals surface area contributed by atoms with Crippen LogP contribution in [0.3, 0.4) is 0 Å². The highest BCUT2D eigenvalue weighted by Gasteiger charge is 2.58. The normalized spacial score (nSPS) is 18.2. The van der Waals surface area contributed by atoms with E-state index in [1.165, 1.54) is 0 Å². The lowest BCUT2D eigenvalue weighted by Gasteiger charge is -2.34. The van der Waals surface area contributed by atoms with Crippen LogP contribution in [0.5, 0.6) is 0 Å². The van der Waals surface area contributed by atoms with Crippen LogP contribution >= 0.6 is 31.9 Å². The first-order valence-corrected chi connectivity index (χ1v) is 7.04. The minimum atomic E-state index is -4.43. The van der Waals surface area contributed by atoms with Crippen LogP contribution < -0.4 is 0 Å². The minimum absolute atomic E-state index is 0.0145. The van der Waals surface area contributed by atoms with Crippen molar-refractivity contribution in [2.24, 2.45) is 0 Å². The molecule has 0 aliphatic rings. The molecule has 0 aromatic carbocycles. The lowest BCUT2D eigenvalue weighted by molar-refractivity contribution is -0.232.